The van der Waals surface area contributed by atoms with Crippen LogP contribution in [0.15, 0.2) is 28.7 Å². The number of nitrogens with zero attached hydrogens (tertiary/aromatic N) is 1. The van der Waals surface area contributed by atoms with Crippen LogP contribution in [0.1, 0.15) is 45.9 Å². The average molecular weight is 302 g/mol. The van der Waals surface area contributed by atoms with E-state index in [-0.39, 0.29) is 5.41 Å². The molecule has 2 aromatic rings. The Bertz CT molecular complexity index is 585. The molecule has 1 fully saturated rings. The fourth-order valence-electron chi connectivity index (χ4n) is 3.87. The quantitative estimate of drug-likeness (QED) is 0.842. The van der Waals surface area contributed by atoms with Crippen LogP contribution in [0.25, 0.3) is 11.1 Å². The van der Waals surface area contributed by atoms with Gasteiger partial charge in [0.25, 0.3) is 0 Å². The van der Waals surface area contributed by atoms with Crippen molar-refractivity contribution in [3.8, 4) is 0 Å². The van der Waals surface area contributed by atoms with Gasteiger partial charge in [0.15, 0.2) is 5.58 Å². The van der Waals surface area contributed by atoms with Gasteiger partial charge in [0.2, 0.25) is 5.89 Å². The molecule has 1 saturated carbocycles. The predicted molar refractivity (Wildman–Crippen MR) is 87.7 cm³/mol. The van der Waals surface area contributed by atoms with E-state index in [0.29, 0.717) is 18.7 Å². The van der Waals surface area contributed by atoms with Gasteiger partial charge >= 0.3 is 0 Å². The summed E-state index contributed by atoms with van der Waals surface area (Å²) in [4.78, 5) is 4.54. The number of hydrogen-bond acceptors (Lipinski definition) is 4. The van der Waals surface area contributed by atoms with Gasteiger partial charge in [0, 0.05) is 18.1 Å². The Labute approximate surface area is 132 Å². The molecule has 1 N–H and O–H groups in total. The fourth-order valence-corrected chi connectivity index (χ4v) is 3.87. The van der Waals surface area contributed by atoms with Crippen molar-refractivity contribution < 1.29 is 9.15 Å². The highest BCUT2D eigenvalue weighted by atomic mass is 16.5. The molecule has 2 atom stereocenters. The summed E-state index contributed by atoms with van der Waals surface area (Å²) in [6.45, 7) is 8.09. The van der Waals surface area contributed by atoms with Gasteiger partial charge in [-0.3, -0.25) is 0 Å². The van der Waals surface area contributed by atoms with Crippen LogP contribution in [0.2, 0.25) is 0 Å². The van der Waals surface area contributed by atoms with Gasteiger partial charge in [-0.2, -0.15) is 0 Å². The maximum absolute atomic E-state index is 5.93. The van der Waals surface area contributed by atoms with E-state index in [4.69, 9.17) is 9.15 Å². The van der Waals surface area contributed by atoms with Crippen molar-refractivity contribution in [2.75, 3.05) is 6.61 Å². The highest BCUT2D eigenvalue weighted by Gasteiger charge is 2.52. The predicted octanol–water partition coefficient (Wildman–Crippen LogP) is 3.90. The second-order valence-corrected chi connectivity index (χ2v) is 6.13. The Hall–Kier alpha value is -1.39. The van der Waals surface area contributed by atoms with Crippen LogP contribution in [-0.4, -0.2) is 23.7 Å². The van der Waals surface area contributed by atoms with E-state index < -0.39 is 0 Å². The first kappa shape index (κ1) is 15.5. The molecular formula is C18H26N2O2. The molecule has 0 aliphatic heterocycles. The molecule has 0 radical (unpaired) electrons. The van der Waals surface area contributed by atoms with E-state index in [2.05, 4.69) is 31.1 Å². The SMILES string of the molecule is CCOC1CC(NCc2nc3ccccc3o2)C1(CC)CC. The van der Waals surface area contributed by atoms with Gasteiger partial charge in [0.1, 0.15) is 5.52 Å². The molecule has 0 spiro atoms. The number of fused-ring (bicyclic) bond motifs is 1. The molecule has 0 saturated heterocycles. The summed E-state index contributed by atoms with van der Waals surface area (Å²) in [6, 6.07) is 8.39. The van der Waals surface area contributed by atoms with Crippen molar-refractivity contribution >= 4 is 11.1 Å². The summed E-state index contributed by atoms with van der Waals surface area (Å²) in [5, 5.41) is 3.64. The number of ether oxygens (including phenoxy) is 1. The largest absolute Gasteiger partial charge is 0.439 e. The first-order chi connectivity index (χ1) is 10.7. The molecule has 4 nitrogen and oxygen atoms in total. The van der Waals surface area contributed by atoms with Gasteiger partial charge in [0.05, 0.1) is 12.6 Å². The van der Waals surface area contributed by atoms with Crippen LogP contribution in [-0.2, 0) is 11.3 Å². The second kappa shape index (κ2) is 6.39. The highest BCUT2D eigenvalue weighted by Crippen LogP contribution is 2.48. The lowest BCUT2D eigenvalue weighted by Crippen LogP contribution is -2.63. The Kier molecular flexibility index (Phi) is 4.50. The van der Waals surface area contributed by atoms with Crippen molar-refractivity contribution in [3.63, 3.8) is 0 Å². The lowest BCUT2D eigenvalue weighted by molar-refractivity contribution is -0.138. The summed E-state index contributed by atoms with van der Waals surface area (Å²) in [7, 11) is 0. The van der Waals surface area contributed by atoms with Gasteiger partial charge < -0.3 is 14.5 Å². The van der Waals surface area contributed by atoms with Gasteiger partial charge in [-0.15, -0.1) is 0 Å². The third kappa shape index (κ3) is 2.55. The second-order valence-electron chi connectivity index (χ2n) is 6.13. The van der Waals surface area contributed by atoms with Crippen molar-refractivity contribution in [1.82, 2.24) is 10.3 Å². The summed E-state index contributed by atoms with van der Waals surface area (Å²) in [5.74, 6) is 0.766. The standard InChI is InChI=1S/C18H26N2O2/c1-4-18(5-2)15(11-16(18)21-6-3)19-12-17-20-13-9-7-8-10-14(13)22-17/h7-10,15-16,19H,4-6,11-12H2,1-3H3. The van der Waals surface area contributed by atoms with Crippen molar-refractivity contribution in [2.24, 2.45) is 5.41 Å². The molecule has 1 aliphatic carbocycles. The number of nitrogens with one attached hydrogen (secondary N) is 1. The van der Waals surface area contributed by atoms with Crippen LogP contribution in [0, 0.1) is 5.41 Å². The van der Waals surface area contributed by atoms with Crippen molar-refractivity contribution in [2.45, 2.75) is 58.7 Å². The average Bonchev–Trinajstić information content (AvgIpc) is 2.94. The lowest BCUT2D eigenvalue weighted by atomic mass is 9.58. The molecule has 1 aliphatic rings. The number of aromatic nitrogens is 1. The van der Waals surface area contributed by atoms with E-state index >= 15 is 0 Å². The molecule has 3 rings (SSSR count). The number of rotatable bonds is 7. The Morgan fingerprint density at radius 2 is 2.05 bits per heavy atom. The van der Waals surface area contributed by atoms with Crippen LogP contribution < -0.4 is 5.32 Å². The normalized spacial score (nSPS) is 23.6. The van der Waals surface area contributed by atoms with Crippen LogP contribution in [0.4, 0.5) is 0 Å². The van der Waals surface area contributed by atoms with Crippen LogP contribution >= 0.6 is 0 Å². The summed E-state index contributed by atoms with van der Waals surface area (Å²) in [6.07, 6.45) is 3.74. The van der Waals surface area contributed by atoms with E-state index in [1.54, 1.807) is 0 Å². The van der Waals surface area contributed by atoms with Crippen molar-refractivity contribution in [3.05, 3.63) is 30.2 Å². The maximum Gasteiger partial charge on any atom is 0.209 e. The minimum Gasteiger partial charge on any atom is -0.439 e. The zero-order chi connectivity index (χ0) is 15.6. The highest BCUT2D eigenvalue weighted by molar-refractivity contribution is 5.72. The number of oxazole rings is 1. The van der Waals surface area contributed by atoms with E-state index in [9.17, 15) is 0 Å². The molecule has 120 valence electrons. The molecule has 0 bridgehead atoms. The number of para-hydroxylation sites is 2. The van der Waals surface area contributed by atoms with Gasteiger partial charge in [-0.05, 0) is 38.3 Å². The van der Waals surface area contributed by atoms with E-state index in [1.165, 1.54) is 0 Å². The minimum atomic E-state index is 0.252. The summed E-state index contributed by atoms with van der Waals surface area (Å²) >= 11 is 0. The van der Waals surface area contributed by atoms with Gasteiger partial charge in [-0.25, -0.2) is 4.98 Å². The maximum atomic E-state index is 5.93. The Morgan fingerprint density at radius 1 is 1.27 bits per heavy atom. The van der Waals surface area contributed by atoms with E-state index in [0.717, 1.165) is 42.9 Å². The van der Waals surface area contributed by atoms with Gasteiger partial charge in [-0.1, -0.05) is 26.0 Å². The molecular weight excluding hydrogens is 276 g/mol. The van der Waals surface area contributed by atoms with Crippen LogP contribution in [0.5, 0.6) is 0 Å². The molecule has 4 heteroatoms. The summed E-state index contributed by atoms with van der Waals surface area (Å²) < 4.78 is 11.7. The third-order valence-corrected chi connectivity index (χ3v) is 5.31. The molecule has 1 aromatic heterocycles. The molecule has 1 aromatic carbocycles. The number of hydrogen-bond donors (Lipinski definition) is 1. The molecule has 1 heterocycles. The Balaban J connectivity index is 1.65. The minimum absolute atomic E-state index is 0.252. The first-order valence-electron chi connectivity index (χ1n) is 8.43. The monoisotopic (exact) mass is 302 g/mol. The molecule has 22 heavy (non-hydrogen) atoms. The third-order valence-electron chi connectivity index (χ3n) is 5.31. The molecule has 2 unspecified atom stereocenters. The summed E-state index contributed by atoms with van der Waals surface area (Å²) in [5.41, 5.74) is 2.04. The lowest BCUT2D eigenvalue weighted by Gasteiger charge is -2.55. The van der Waals surface area contributed by atoms with E-state index in [1.807, 2.05) is 24.3 Å². The number of benzene rings is 1. The smallest absolute Gasteiger partial charge is 0.209 e. The zero-order valence-corrected chi connectivity index (χ0v) is 13.8. The zero-order valence-electron chi connectivity index (χ0n) is 13.8. The molecule has 0 amide bonds. The Morgan fingerprint density at radius 3 is 2.73 bits per heavy atom. The first-order valence-corrected chi connectivity index (χ1v) is 8.43. The van der Waals surface area contributed by atoms with Crippen LogP contribution in [0.3, 0.4) is 0 Å². The topological polar surface area (TPSA) is 47.3 Å². The fraction of sp³-hybridized carbons (Fsp3) is 0.611. The van der Waals surface area contributed by atoms with Crippen molar-refractivity contribution in [1.29, 1.82) is 0 Å².